The molecule has 0 spiro atoms. The molecular weight excluding hydrogens is 47.0 g/mol. The van der Waals surface area contributed by atoms with Crippen LogP contribution in [0.1, 0.15) is 6.92 Å². The summed E-state index contributed by atoms with van der Waals surface area (Å²) in [6.07, 6.45) is 0. The molecule has 0 rings (SSSR count). The van der Waals surface area contributed by atoms with Crippen LogP contribution in [0.4, 0.5) is 0 Å². The molecule has 0 aliphatic carbocycles. The van der Waals surface area contributed by atoms with E-state index in [9.17, 15) is 4.79 Å². The van der Waals surface area contributed by atoms with Gasteiger partial charge in [0, 0.05) is 0 Å². The maximum absolute atomic E-state index is 9.44. The molecule has 0 heterocycles. The van der Waals surface area contributed by atoms with E-state index in [0.717, 1.165) is 0 Å². The Hall–Kier alpha value is 0.267. The van der Waals surface area contributed by atoms with Crippen molar-refractivity contribution in [3.8, 4) is 0 Å². The molecule has 0 aromatic heterocycles. The van der Waals surface area contributed by atoms with E-state index in [-0.39, 0.29) is 4.46 Å². The van der Waals surface area contributed by atoms with Crippen molar-refractivity contribution in [1.29, 1.82) is 0 Å². The molecule has 0 radical (unpaired) electrons. The standard InChI is InChI=1S/C2H3O.Li/c1-2-3;/h1H3;. The van der Waals surface area contributed by atoms with E-state index in [1.54, 1.807) is 0 Å². The molecule has 0 bridgehead atoms. The normalized spacial score (nSPS) is 6.75. The molecular formula is C2H3LiO. The van der Waals surface area contributed by atoms with E-state index in [1.165, 1.54) is 24.6 Å². The fourth-order valence-electron chi connectivity index (χ4n) is 0. The SMILES string of the molecule is [Li][C](C)=O. The Labute approximate surface area is 34.6 Å². The molecule has 0 saturated carbocycles. The zero-order chi connectivity index (χ0) is 3.58. The number of hydrogen-bond donors (Lipinski definition) is 0. The molecule has 0 saturated heterocycles. The molecule has 0 atom stereocenters. The van der Waals surface area contributed by atoms with E-state index in [0.29, 0.717) is 0 Å². The van der Waals surface area contributed by atoms with Crippen LogP contribution in [0.25, 0.3) is 0 Å². The average molecular weight is 50.0 g/mol. The van der Waals surface area contributed by atoms with E-state index in [4.69, 9.17) is 0 Å². The second kappa shape index (κ2) is 1.57. The van der Waals surface area contributed by atoms with Crippen molar-refractivity contribution in [2.45, 2.75) is 6.92 Å². The van der Waals surface area contributed by atoms with Crippen molar-refractivity contribution in [1.82, 2.24) is 0 Å². The van der Waals surface area contributed by atoms with Gasteiger partial charge in [-0.1, -0.05) is 0 Å². The van der Waals surface area contributed by atoms with Crippen LogP contribution in [0.3, 0.4) is 0 Å². The predicted molar refractivity (Wildman–Crippen MR) is 16.4 cm³/mol. The Balaban J connectivity index is 2.80. The van der Waals surface area contributed by atoms with Gasteiger partial charge in [-0.25, -0.2) is 0 Å². The average Bonchev–Trinajstić information content (AvgIpc) is 0.811. The third kappa shape index (κ3) is 50.9. The van der Waals surface area contributed by atoms with E-state index < -0.39 is 0 Å². The first kappa shape index (κ1) is 4.27. The van der Waals surface area contributed by atoms with Gasteiger partial charge in [0.1, 0.15) is 0 Å². The van der Waals surface area contributed by atoms with Gasteiger partial charge >= 0.3 is 33.9 Å². The molecule has 0 aromatic carbocycles. The van der Waals surface area contributed by atoms with Crippen molar-refractivity contribution < 1.29 is 4.79 Å². The van der Waals surface area contributed by atoms with Crippen LogP contribution in [-0.4, -0.2) is 22.2 Å². The summed E-state index contributed by atoms with van der Waals surface area (Å²) in [5, 5.41) is 0. The van der Waals surface area contributed by atoms with Gasteiger partial charge in [-0.2, -0.15) is 0 Å². The summed E-state index contributed by atoms with van der Waals surface area (Å²) in [6.45, 7) is 1.53. The fourth-order valence-corrected chi connectivity index (χ4v) is 0. The topological polar surface area (TPSA) is 17.1 Å². The fraction of sp³-hybridized carbons (Fsp3) is 0.500. The second-order valence-corrected chi connectivity index (χ2v) is 0.908. The third-order valence-electron chi connectivity index (χ3n) is 0. The van der Waals surface area contributed by atoms with Crippen LogP contribution >= 0.6 is 0 Å². The monoisotopic (exact) mass is 50.0 g/mol. The van der Waals surface area contributed by atoms with Gasteiger partial charge in [0.05, 0.1) is 0 Å². The Morgan fingerprint density at radius 2 is 2.00 bits per heavy atom. The second-order valence-electron chi connectivity index (χ2n) is 0.908. The Morgan fingerprint density at radius 1 is 2.00 bits per heavy atom. The van der Waals surface area contributed by atoms with Gasteiger partial charge in [0.15, 0.2) is 0 Å². The first-order valence-electron chi connectivity index (χ1n) is 1.20. The van der Waals surface area contributed by atoms with Gasteiger partial charge in [0.2, 0.25) is 0 Å². The quantitative estimate of drug-likeness (QED) is 0.344. The number of rotatable bonds is 0. The van der Waals surface area contributed by atoms with Crippen LogP contribution in [0.5, 0.6) is 0 Å². The van der Waals surface area contributed by atoms with Gasteiger partial charge in [0.25, 0.3) is 0 Å². The van der Waals surface area contributed by atoms with Crippen LogP contribution in [0.2, 0.25) is 0 Å². The molecule has 4 heavy (non-hydrogen) atoms. The molecule has 0 N–H and O–H groups in total. The molecule has 0 aliphatic rings. The van der Waals surface area contributed by atoms with E-state index >= 15 is 0 Å². The molecule has 0 aliphatic heterocycles. The molecule has 18 valence electrons. The predicted octanol–water partition coefficient (Wildman–Crippen LogP) is -0.299. The number of carbonyl (C=O) groups excluding carboxylic acids is 1. The Morgan fingerprint density at radius 3 is 2.00 bits per heavy atom. The summed E-state index contributed by atoms with van der Waals surface area (Å²) in [6, 6.07) is 0. The summed E-state index contributed by atoms with van der Waals surface area (Å²) in [5.74, 6) is 0. The van der Waals surface area contributed by atoms with Crippen molar-refractivity contribution in [3.05, 3.63) is 0 Å². The van der Waals surface area contributed by atoms with Gasteiger partial charge in [-0.15, -0.1) is 0 Å². The van der Waals surface area contributed by atoms with Crippen LogP contribution in [0.15, 0.2) is 0 Å². The van der Waals surface area contributed by atoms with Crippen LogP contribution < -0.4 is 0 Å². The van der Waals surface area contributed by atoms with Crippen molar-refractivity contribution in [3.63, 3.8) is 0 Å². The molecule has 0 aromatic rings. The number of carbonyl (C=O) groups is 1. The molecule has 2 heteroatoms. The van der Waals surface area contributed by atoms with Crippen LogP contribution in [-0.2, 0) is 4.79 Å². The van der Waals surface area contributed by atoms with Crippen molar-refractivity contribution >= 4 is 22.2 Å². The summed E-state index contributed by atoms with van der Waals surface area (Å²) < 4.78 is 0.167. The zero-order valence-electron chi connectivity index (χ0n) is 2.91. The van der Waals surface area contributed by atoms with E-state index in [1.807, 2.05) is 0 Å². The molecule has 0 fully saturated rings. The Kier molecular flexibility index (Phi) is 1.68. The van der Waals surface area contributed by atoms with Gasteiger partial charge < -0.3 is 0 Å². The third-order valence-corrected chi connectivity index (χ3v) is 0. The molecule has 0 amide bonds. The Bertz CT molecular complexity index is 29.0. The first-order chi connectivity index (χ1) is 1.73. The van der Waals surface area contributed by atoms with Gasteiger partial charge in [-0.05, 0) is 0 Å². The van der Waals surface area contributed by atoms with Crippen LogP contribution in [0, 0.1) is 0 Å². The van der Waals surface area contributed by atoms with Gasteiger partial charge in [-0.3, -0.25) is 0 Å². The maximum atomic E-state index is 9.44. The molecule has 1 nitrogen and oxygen atoms in total. The summed E-state index contributed by atoms with van der Waals surface area (Å²) in [7, 11) is 0. The van der Waals surface area contributed by atoms with Crippen molar-refractivity contribution in [2.75, 3.05) is 0 Å². The summed E-state index contributed by atoms with van der Waals surface area (Å²) in [5.41, 5.74) is 0. The first-order valence-corrected chi connectivity index (χ1v) is 1.20. The molecule has 0 unspecified atom stereocenters. The van der Waals surface area contributed by atoms with Crippen molar-refractivity contribution in [2.24, 2.45) is 0 Å². The minimum absolute atomic E-state index is 0.167. The van der Waals surface area contributed by atoms with E-state index in [2.05, 4.69) is 0 Å². The summed E-state index contributed by atoms with van der Waals surface area (Å²) in [4.78, 5) is 9.44. The minimum atomic E-state index is 0.167. The number of hydrogen-bond acceptors (Lipinski definition) is 1. The zero-order valence-corrected chi connectivity index (χ0v) is 2.91. The summed E-state index contributed by atoms with van der Waals surface area (Å²) >= 11 is 1.53.